The number of amides is 3. The van der Waals surface area contributed by atoms with E-state index < -0.39 is 24.0 Å². The molecule has 7 heteroatoms. The zero-order valence-corrected chi connectivity index (χ0v) is 14.5. The number of imide groups is 1. The van der Waals surface area contributed by atoms with Crippen LogP contribution in [0.1, 0.15) is 54.9 Å². The van der Waals surface area contributed by atoms with Gasteiger partial charge in [-0.25, -0.2) is 9.59 Å². The number of rotatable bonds is 4. The van der Waals surface area contributed by atoms with Crippen LogP contribution < -0.4 is 10.6 Å². The third-order valence-electron chi connectivity index (χ3n) is 4.20. The van der Waals surface area contributed by atoms with Gasteiger partial charge in [-0.15, -0.1) is 0 Å². The van der Waals surface area contributed by atoms with Crippen LogP contribution >= 0.6 is 0 Å². The van der Waals surface area contributed by atoms with Crippen LogP contribution in [-0.2, 0) is 9.53 Å². The monoisotopic (exact) mass is 348 g/mol. The highest BCUT2D eigenvalue weighted by Gasteiger charge is 2.23. The fourth-order valence-electron chi connectivity index (χ4n) is 2.77. The van der Waals surface area contributed by atoms with E-state index in [1.807, 2.05) is 0 Å². The third-order valence-corrected chi connectivity index (χ3v) is 4.20. The third kappa shape index (κ3) is 5.48. The van der Waals surface area contributed by atoms with Gasteiger partial charge in [0.25, 0.3) is 5.91 Å². The Morgan fingerprint density at radius 1 is 1.20 bits per heavy atom. The zero-order valence-electron chi connectivity index (χ0n) is 14.5. The lowest BCUT2D eigenvalue weighted by Gasteiger charge is -2.23. The van der Waals surface area contributed by atoms with Crippen molar-refractivity contribution in [3.63, 3.8) is 0 Å². The number of phenolic OH excluding ortho intramolecular Hbond substituents is 1. The largest absolute Gasteiger partial charge is 0.507 e. The molecule has 0 heterocycles. The SMILES string of the molecule is Cc1ccc(C(=O)OC(C)C(=O)NC(=O)NC2CCCCC2)c(O)c1. The number of phenols is 1. The highest BCUT2D eigenvalue weighted by Crippen LogP contribution is 2.20. The van der Waals surface area contributed by atoms with Crippen LogP contribution in [0.5, 0.6) is 5.75 Å². The smallest absolute Gasteiger partial charge is 0.342 e. The van der Waals surface area contributed by atoms with E-state index in [0.29, 0.717) is 0 Å². The molecule has 1 aromatic carbocycles. The van der Waals surface area contributed by atoms with Gasteiger partial charge in [0, 0.05) is 6.04 Å². The molecular formula is C18H24N2O5. The summed E-state index contributed by atoms with van der Waals surface area (Å²) in [6.45, 7) is 3.14. The molecule has 1 fully saturated rings. The number of urea groups is 1. The summed E-state index contributed by atoms with van der Waals surface area (Å²) in [7, 11) is 0. The molecule has 1 aromatic rings. The summed E-state index contributed by atoms with van der Waals surface area (Å²) in [5.74, 6) is -1.76. The van der Waals surface area contributed by atoms with Crippen molar-refractivity contribution in [1.29, 1.82) is 0 Å². The minimum absolute atomic E-state index is 0.0306. The van der Waals surface area contributed by atoms with E-state index in [9.17, 15) is 19.5 Å². The minimum atomic E-state index is -1.16. The van der Waals surface area contributed by atoms with E-state index in [-0.39, 0.29) is 17.4 Å². The maximum Gasteiger partial charge on any atom is 0.342 e. The molecule has 0 aliphatic heterocycles. The predicted octanol–water partition coefficient (Wildman–Crippen LogP) is 2.40. The number of carbonyl (C=O) groups excluding carboxylic acids is 3. The first kappa shape index (κ1) is 18.8. The molecule has 0 bridgehead atoms. The molecule has 0 saturated heterocycles. The Hall–Kier alpha value is -2.57. The molecule has 1 aliphatic rings. The average molecular weight is 348 g/mol. The molecular weight excluding hydrogens is 324 g/mol. The molecule has 2 rings (SSSR count). The molecule has 0 spiro atoms. The van der Waals surface area contributed by atoms with Crippen molar-refractivity contribution in [3.8, 4) is 5.75 Å². The van der Waals surface area contributed by atoms with E-state index >= 15 is 0 Å². The first-order chi connectivity index (χ1) is 11.9. The van der Waals surface area contributed by atoms with Gasteiger partial charge < -0.3 is 15.2 Å². The van der Waals surface area contributed by atoms with Crippen LogP contribution in [0.4, 0.5) is 4.79 Å². The quantitative estimate of drug-likeness (QED) is 0.725. The van der Waals surface area contributed by atoms with Gasteiger partial charge in [-0.2, -0.15) is 0 Å². The van der Waals surface area contributed by atoms with Crippen molar-refractivity contribution in [3.05, 3.63) is 29.3 Å². The molecule has 1 unspecified atom stereocenters. The zero-order chi connectivity index (χ0) is 18.4. The average Bonchev–Trinajstić information content (AvgIpc) is 2.55. The van der Waals surface area contributed by atoms with Crippen LogP contribution in [0.3, 0.4) is 0 Å². The maximum absolute atomic E-state index is 12.0. The van der Waals surface area contributed by atoms with Crippen molar-refractivity contribution in [2.24, 2.45) is 0 Å². The molecule has 1 saturated carbocycles. The van der Waals surface area contributed by atoms with Gasteiger partial charge in [-0.1, -0.05) is 25.3 Å². The second kappa shape index (κ2) is 8.50. The Labute approximate surface area is 146 Å². The number of carbonyl (C=O) groups is 3. The Morgan fingerprint density at radius 2 is 1.88 bits per heavy atom. The summed E-state index contributed by atoms with van der Waals surface area (Å²) < 4.78 is 5.02. The Kier molecular flexibility index (Phi) is 6.38. The minimum Gasteiger partial charge on any atom is -0.507 e. The number of aryl methyl sites for hydroxylation is 1. The summed E-state index contributed by atoms with van der Waals surface area (Å²) in [5, 5.41) is 14.7. The molecule has 136 valence electrons. The lowest BCUT2D eigenvalue weighted by molar-refractivity contribution is -0.127. The van der Waals surface area contributed by atoms with Gasteiger partial charge in [0.15, 0.2) is 6.10 Å². The molecule has 3 N–H and O–H groups in total. The van der Waals surface area contributed by atoms with E-state index in [0.717, 1.165) is 37.7 Å². The Morgan fingerprint density at radius 3 is 2.52 bits per heavy atom. The van der Waals surface area contributed by atoms with E-state index in [1.54, 1.807) is 13.0 Å². The molecule has 0 aromatic heterocycles. The molecule has 1 atom stereocenters. The summed E-state index contributed by atoms with van der Waals surface area (Å²) in [6.07, 6.45) is 3.93. The second-order valence-corrected chi connectivity index (χ2v) is 6.37. The molecule has 7 nitrogen and oxygen atoms in total. The van der Waals surface area contributed by atoms with Crippen molar-refractivity contribution in [1.82, 2.24) is 10.6 Å². The van der Waals surface area contributed by atoms with E-state index in [1.165, 1.54) is 19.1 Å². The van der Waals surface area contributed by atoms with Crippen molar-refractivity contribution in [2.75, 3.05) is 0 Å². The van der Waals surface area contributed by atoms with Crippen molar-refractivity contribution < 1.29 is 24.2 Å². The van der Waals surface area contributed by atoms with Crippen LogP contribution in [0.15, 0.2) is 18.2 Å². The van der Waals surface area contributed by atoms with E-state index in [4.69, 9.17) is 4.74 Å². The highest BCUT2D eigenvalue weighted by atomic mass is 16.5. The lowest BCUT2D eigenvalue weighted by atomic mass is 9.96. The van der Waals surface area contributed by atoms with Gasteiger partial charge >= 0.3 is 12.0 Å². The number of nitrogens with one attached hydrogen (secondary N) is 2. The second-order valence-electron chi connectivity index (χ2n) is 6.37. The first-order valence-electron chi connectivity index (χ1n) is 8.49. The standard InChI is InChI=1S/C18H24N2O5/c1-11-8-9-14(15(21)10-11)17(23)25-12(2)16(22)20-18(24)19-13-6-4-3-5-7-13/h8-10,12-13,21H,3-7H2,1-2H3,(H2,19,20,22,24). The summed E-state index contributed by atoms with van der Waals surface area (Å²) in [4.78, 5) is 35.9. The van der Waals surface area contributed by atoms with Crippen molar-refractivity contribution in [2.45, 2.75) is 58.1 Å². The number of hydrogen-bond donors (Lipinski definition) is 3. The number of ether oxygens (including phenoxy) is 1. The van der Waals surface area contributed by atoms with Crippen molar-refractivity contribution >= 4 is 17.9 Å². The Balaban J connectivity index is 1.84. The summed E-state index contributed by atoms with van der Waals surface area (Å²) in [6, 6.07) is 3.99. The Bertz CT molecular complexity index is 653. The highest BCUT2D eigenvalue weighted by molar-refractivity contribution is 5.99. The van der Waals surface area contributed by atoms with Crippen LogP contribution in [0.25, 0.3) is 0 Å². The van der Waals surface area contributed by atoms with E-state index in [2.05, 4.69) is 10.6 Å². The molecule has 1 aliphatic carbocycles. The molecule has 25 heavy (non-hydrogen) atoms. The fraction of sp³-hybridized carbons (Fsp3) is 0.500. The first-order valence-corrected chi connectivity index (χ1v) is 8.49. The topological polar surface area (TPSA) is 105 Å². The summed E-state index contributed by atoms with van der Waals surface area (Å²) in [5.41, 5.74) is 0.760. The molecule has 0 radical (unpaired) electrons. The van der Waals surface area contributed by atoms with Crippen LogP contribution in [-0.4, -0.2) is 35.2 Å². The van der Waals surface area contributed by atoms with Gasteiger partial charge in [0.1, 0.15) is 11.3 Å². The van der Waals surface area contributed by atoms with Gasteiger partial charge in [0.2, 0.25) is 0 Å². The lowest BCUT2D eigenvalue weighted by Crippen LogP contribution is -2.48. The number of esters is 1. The maximum atomic E-state index is 12.0. The van der Waals surface area contributed by atoms with Crippen LogP contribution in [0.2, 0.25) is 0 Å². The van der Waals surface area contributed by atoms with Gasteiger partial charge in [0.05, 0.1) is 0 Å². The fourth-order valence-corrected chi connectivity index (χ4v) is 2.77. The predicted molar refractivity (Wildman–Crippen MR) is 91.3 cm³/mol. The molecule has 3 amide bonds. The number of aromatic hydroxyl groups is 1. The number of benzene rings is 1. The van der Waals surface area contributed by atoms with Crippen LogP contribution in [0, 0.1) is 6.92 Å². The number of hydrogen-bond acceptors (Lipinski definition) is 5. The summed E-state index contributed by atoms with van der Waals surface area (Å²) >= 11 is 0. The van der Waals surface area contributed by atoms with Gasteiger partial charge in [-0.3, -0.25) is 10.1 Å². The van der Waals surface area contributed by atoms with Gasteiger partial charge in [-0.05, 0) is 44.4 Å². The normalized spacial score (nSPS) is 15.9.